The summed E-state index contributed by atoms with van der Waals surface area (Å²) in [7, 11) is 0. The molecule has 2 aromatic carbocycles. The first-order valence-corrected chi connectivity index (χ1v) is 12.0. The smallest absolute Gasteiger partial charge is 0.406 e. The summed E-state index contributed by atoms with van der Waals surface area (Å²) in [5.74, 6) is 1.76. The first kappa shape index (κ1) is 23.1. The zero-order valence-electron chi connectivity index (χ0n) is 18.7. The van der Waals surface area contributed by atoms with Gasteiger partial charge in [0.15, 0.2) is 0 Å². The van der Waals surface area contributed by atoms with Gasteiger partial charge in [0.05, 0.1) is 0 Å². The third kappa shape index (κ3) is 5.47. The molecule has 1 atom stereocenters. The summed E-state index contributed by atoms with van der Waals surface area (Å²) < 4.78 is 56.4. The van der Waals surface area contributed by atoms with Crippen molar-refractivity contribution in [3.05, 3.63) is 53.3 Å². The Labute approximate surface area is 188 Å². The second-order valence-corrected chi connectivity index (χ2v) is 9.56. The lowest BCUT2D eigenvalue weighted by Gasteiger charge is -2.36. The fraction of sp³-hybridized carbons (Fsp3) is 0.556. The Morgan fingerprint density at radius 1 is 0.906 bits per heavy atom. The van der Waals surface area contributed by atoms with E-state index in [2.05, 4.69) is 11.7 Å². The van der Waals surface area contributed by atoms with E-state index in [4.69, 9.17) is 0 Å². The van der Waals surface area contributed by atoms with E-state index in [0.29, 0.717) is 17.0 Å². The Bertz CT molecular complexity index is 895. The fourth-order valence-electron chi connectivity index (χ4n) is 5.74. The van der Waals surface area contributed by atoms with Crippen molar-refractivity contribution in [1.29, 1.82) is 0 Å². The van der Waals surface area contributed by atoms with Gasteiger partial charge in [-0.05, 0) is 78.7 Å². The van der Waals surface area contributed by atoms with Gasteiger partial charge in [-0.1, -0.05) is 63.3 Å². The van der Waals surface area contributed by atoms with Crippen molar-refractivity contribution in [3.8, 4) is 16.9 Å². The molecule has 0 N–H and O–H groups in total. The van der Waals surface area contributed by atoms with E-state index < -0.39 is 6.36 Å². The molecule has 2 aliphatic carbocycles. The van der Waals surface area contributed by atoms with Crippen molar-refractivity contribution >= 4 is 0 Å². The number of ether oxygens (including phenoxy) is 1. The molecule has 1 saturated carbocycles. The number of hydrogen-bond acceptors (Lipinski definition) is 1. The van der Waals surface area contributed by atoms with E-state index in [9.17, 15) is 13.2 Å². The summed E-state index contributed by atoms with van der Waals surface area (Å²) in [4.78, 5) is 0. The number of alkyl halides is 3. The standard InChI is InChI=1S/C27H32F4O/c1-2-3-4-18-5-7-19(8-6-18)21-11-15-25-22(17-21)12-16-24(26(25)28)20-9-13-23(14-10-20)32-27(29,30)31/h9-10,12-14,16,18-19,21H,2-8,11,15,17H2,1H3. The molecule has 0 amide bonds. The first-order valence-electron chi connectivity index (χ1n) is 12.0. The van der Waals surface area contributed by atoms with Crippen molar-refractivity contribution in [2.45, 2.75) is 77.5 Å². The predicted molar refractivity (Wildman–Crippen MR) is 119 cm³/mol. The minimum atomic E-state index is -4.73. The number of halogens is 4. The van der Waals surface area contributed by atoms with Crippen molar-refractivity contribution in [1.82, 2.24) is 0 Å². The van der Waals surface area contributed by atoms with Crippen LogP contribution in [0.4, 0.5) is 17.6 Å². The molecule has 2 aliphatic rings. The van der Waals surface area contributed by atoms with Crippen LogP contribution in [0.5, 0.6) is 5.75 Å². The molecule has 0 heterocycles. The second kappa shape index (κ2) is 9.84. The Morgan fingerprint density at radius 3 is 2.28 bits per heavy atom. The molecular formula is C27H32F4O. The highest BCUT2D eigenvalue weighted by atomic mass is 19.4. The molecule has 0 aromatic heterocycles. The molecular weight excluding hydrogens is 416 g/mol. The van der Waals surface area contributed by atoms with Crippen LogP contribution in [0.2, 0.25) is 0 Å². The molecule has 0 radical (unpaired) electrons. The molecule has 2 aromatic rings. The number of fused-ring (bicyclic) bond motifs is 1. The van der Waals surface area contributed by atoms with E-state index in [1.54, 1.807) is 6.07 Å². The average Bonchev–Trinajstić information content (AvgIpc) is 2.78. The average molecular weight is 449 g/mol. The van der Waals surface area contributed by atoms with Crippen LogP contribution in [-0.2, 0) is 12.8 Å². The van der Waals surface area contributed by atoms with Gasteiger partial charge in [-0.15, -0.1) is 13.2 Å². The number of unbranched alkanes of at least 4 members (excludes halogenated alkanes) is 1. The van der Waals surface area contributed by atoms with Crippen molar-refractivity contribution in [2.75, 3.05) is 0 Å². The summed E-state index contributed by atoms with van der Waals surface area (Å²) in [5, 5.41) is 0. The maximum absolute atomic E-state index is 15.3. The molecule has 1 fully saturated rings. The van der Waals surface area contributed by atoms with Gasteiger partial charge < -0.3 is 4.74 Å². The maximum atomic E-state index is 15.3. The van der Waals surface area contributed by atoms with Crippen LogP contribution in [0.1, 0.15) is 69.4 Å². The summed E-state index contributed by atoms with van der Waals surface area (Å²) >= 11 is 0. The molecule has 1 nitrogen and oxygen atoms in total. The number of hydrogen-bond donors (Lipinski definition) is 0. The zero-order valence-corrected chi connectivity index (χ0v) is 18.7. The predicted octanol–water partition coefficient (Wildman–Crippen LogP) is 8.49. The number of rotatable bonds is 6. The molecule has 0 spiro atoms. The molecule has 32 heavy (non-hydrogen) atoms. The normalized spacial score (nSPS) is 23.6. The van der Waals surface area contributed by atoms with E-state index >= 15 is 4.39 Å². The number of benzene rings is 2. The van der Waals surface area contributed by atoms with Crippen LogP contribution < -0.4 is 4.74 Å². The third-order valence-electron chi connectivity index (χ3n) is 7.51. The quantitative estimate of drug-likeness (QED) is 0.403. The Kier molecular flexibility index (Phi) is 7.11. The lowest BCUT2D eigenvalue weighted by atomic mass is 9.69. The van der Waals surface area contributed by atoms with Gasteiger partial charge in [-0.2, -0.15) is 0 Å². The summed E-state index contributed by atoms with van der Waals surface area (Å²) in [6.45, 7) is 2.26. The van der Waals surface area contributed by atoms with E-state index in [1.165, 1.54) is 69.2 Å². The summed E-state index contributed by atoms with van der Waals surface area (Å²) in [6.07, 6.45) is 7.26. The Hall–Kier alpha value is -2.04. The first-order chi connectivity index (χ1) is 15.3. The summed E-state index contributed by atoms with van der Waals surface area (Å²) in [5.41, 5.74) is 2.89. The van der Waals surface area contributed by atoms with Gasteiger partial charge in [-0.25, -0.2) is 4.39 Å². The molecule has 174 valence electrons. The van der Waals surface area contributed by atoms with Crippen molar-refractivity contribution in [2.24, 2.45) is 17.8 Å². The minimum absolute atomic E-state index is 0.228. The fourth-order valence-corrected chi connectivity index (χ4v) is 5.74. The van der Waals surface area contributed by atoms with Gasteiger partial charge in [0.25, 0.3) is 0 Å². The van der Waals surface area contributed by atoms with Crippen LogP contribution in [0.3, 0.4) is 0 Å². The zero-order chi connectivity index (χ0) is 22.7. The maximum Gasteiger partial charge on any atom is 0.573 e. The molecule has 5 heteroatoms. The van der Waals surface area contributed by atoms with Crippen LogP contribution in [0.25, 0.3) is 11.1 Å². The van der Waals surface area contributed by atoms with E-state index in [1.807, 2.05) is 6.07 Å². The minimum Gasteiger partial charge on any atom is -0.406 e. The topological polar surface area (TPSA) is 9.23 Å². The van der Waals surface area contributed by atoms with Gasteiger partial charge in [0.1, 0.15) is 11.6 Å². The van der Waals surface area contributed by atoms with E-state index in [-0.39, 0.29) is 11.6 Å². The lowest BCUT2D eigenvalue weighted by molar-refractivity contribution is -0.274. The van der Waals surface area contributed by atoms with Gasteiger partial charge in [0.2, 0.25) is 0 Å². The van der Waals surface area contributed by atoms with Crippen LogP contribution in [-0.4, -0.2) is 6.36 Å². The van der Waals surface area contributed by atoms with E-state index in [0.717, 1.165) is 42.2 Å². The molecule has 0 aliphatic heterocycles. The molecule has 0 saturated heterocycles. The van der Waals surface area contributed by atoms with Crippen LogP contribution >= 0.6 is 0 Å². The lowest BCUT2D eigenvalue weighted by Crippen LogP contribution is -2.27. The van der Waals surface area contributed by atoms with Crippen molar-refractivity contribution in [3.63, 3.8) is 0 Å². The van der Waals surface area contributed by atoms with Crippen molar-refractivity contribution < 1.29 is 22.3 Å². The van der Waals surface area contributed by atoms with Crippen LogP contribution in [0, 0.1) is 23.6 Å². The van der Waals surface area contributed by atoms with Gasteiger partial charge >= 0.3 is 6.36 Å². The van der Waals surface area contributed by atoms with Gasteiger partial charge in [-0.3, -0.25) is 0 Å². The highest BCUT2D eigenvalue weighted by Gasteiger charge is 2.32. The SMILES string of the molecule is CCCCC1CCC(C2CCc3c(ccc(-c4ccc(OC(F)(F)F)cc4)c3F)C2)CC1. The third-order valence-corrected chi connectivity index (χ3v) is 7.51. The Morgan fingerprint density at radius 2 is 1.62 bits per heavy atom. The molecule has 4 rings (SSSR count). The summed E-state index contributed by atoms with van der Waals surface area (Å²) in [6, 6.07) is 9.22. The molecule has 0 bridgehead atoms. The second-order valence-electron chi connectivity index (χ2n) is 9.56. The van der Waals surface area contributed by atoms with Gasteiger partial charge in [0, 0.05) is 5.56 Å². The molecule has 1 unspecified atom stereocenters. The highest BCUT2D eigenvalue weighted by Crippen LogP contribution is 2.42. The Balaban J connectivity index is 1.42. The van der Waals surface area contributed by atoms with Crippen LogP contribution in [0.15, 0.2) is 36.4 Å². The monoisotopic (exact) mass is 448 g/mol. The largest absolute Gasteiger partial charge is 0.573 e. The highest BCUT2D eigenvalue weighted by molar-refractivity contribution is 5.67.